The minimum absolute atomic E-state index is 0.230. The van der Waals surface area contributed by atoms with E-state index in [4.69, 9.17) is 9.84 Å². The number of carbonyl (C=O) groups is 1. The molecule has 1 aromatic heterocycles. The number of rotatable bonds is 7. The van der Waals surface area contributed by atoms with Gasteiger partial charge in [0.15, 0.2) is 0 Å². The molecule has 0 spiro atoms. The van der Waals surface area contributed by atoms with Crippen LogP contribution in [0.15, 0.2) is 42.5 Å². The van der Waals surface area contributed by atoms with Gasteiger partial charge in [0.1, 0.15) is 11.6 Å². The first-order valence-corrected chi connectivity index (χ1v) is 12.0. The van der Waals surface area contributed by atoms with E-state index in [0.29, 0.717) is 29.5 Å². The number of hydrogen-bond donors (Lipinski definition) is 1. The number of aromatic nitrogens is 2. The van der Waals surface area contributed by atoms with Crippen molar-refractivity contribution in [3.63, 3.8) is 0 Å². The summed E-state index contributed by atoms with van der Waals surface area (Å²) in [5.74, 6) is 1.94. The number of amides is 1. The van der Waals surface area contributed by atoms with Crippen LogP contribution >= 0.6 is 0 Å². The zero-order chi connectivity index (χ0) is 22.0. The Kier molecular flexibility index (Phi) is 6.23. The van der Waals surface area contributed by atoms with Gasteiger partial charge < -0.3 is 10.1 Å². The summed E-state index contributed by atoms with van der Waals surface area (Å²) in [6, 6.07) is 13.2. The second-order valence-electron chi connectivity index (χ2n) is 7.81. The molecular formula is C24H27N3O3S. The van der Waals surface area contributed by atoms with Crippen molar-refractivity contribution < 1.29 is 13.7 Å². The molecule has 162 valence electrons. The zero-order valence-corrected chi connectivity index (χ0v) is 18.9. The van der Waals surface area contributed by atoms with Gasteiger partial charge in [-0.15, -0.1) is 0 Å². The second kappa shape index (κ2) is 9.06. The van der Waals surface area contributed by atoms with Crippen LogP contribution in [0.3, 0.4) is 0 Å². The number of unbranched alkanes of at least 4 members (excludes halogenated alkanes) is 1. The number of ether oxygens (including phenoxy) is 1. The predicted octanol–water partition coefficient (Wildman–Crippen LogP) is 4.68. The number of fused-ring (bicyclic) bond motifs is 1. The van der Waals surface area contributed by atoms with Crippen LogP contribution in [-0.4, -0.2) is 26.5 Å². The molecule has 7 heteroatoms. The summed E-state index contributed by atoms with van der Waals surface area (Å²) in [6.07, 6.45) is 2.07. The third-order valence-electron chi connectivity index (χ3n) is 5.59. The molecule has 0 aliphatic carbocycles. The van der Waals surface area contributed by atoms with E-state index in [0.717, 1.165) is 46.7 Å². The van der Waals surface area contributed by atoms with Crippen LogP contribution in [0.2, 0.25) is 0 Å². The minimum atomic E-state index is -0.983. The van der Waals surface area contributed by atoms with E-state index in [1.54, 1.807) is 16.8 Å². The van der Waals surface area contributed by atoms with Gasteiger partial charge in [-0.25, -0.2) is 4.68 Å². The van der Waals surface area contributed by atoms with Gasteiger partial charge in [0.05, 0.1) is 29.5 Å². The van der Waals surface area contributed by atoms with E-state index < -0.39 is 10.8 Å². The van der Waals surface area contributed by atoms with Gasteiger partial charge >= 0.3 is 0 Å². The molecule has 1 aliphatic rings. The highest BCUT2D eigenvalue weighted by Gasteiger charge is 2.29. The van der Waals surface area contributed by atoms with Crippen LogP contribution in [0.1, 0.15) is 52.5 Å². The van der Waals surface area contributed by atoms with Crippen LogP contribution in [0.5, 0.6) is 5.75 Å². The lowest BCUT2D eigenvalue weighted by molar-refractivity contribution is 0.102. The van der Waals surface area contributed by atoms with Gasteiger partial charge in [0.2, 0.25) is 0 Å². The van der Waals surface area contributed by atoms with Crippen molar-refractivity contribution in [2.45, 2.75) is 45.1 Å². The SMILES string of the molecule is CCCCOc1ccc(C(=O)Nc2c3c(nn2-c2cccc(C)c2C)C[S@@](=O)C3)cc1. The van der Waals surface area contributed by atoms with Gasteiger partial charge in [0, 0.05) is 21.9 Å². The summed E-state index contributed by atoms with van der Waals surface area (Å²) in [4.78, 5) is 13.0. The first-order chi connectivity index (χ1) is 15.0. The van der Waals surface area contributed by atoms with E-state index in [9.17, 15) is 9.00 Å². The van der Waals surface area contributed by atoms with E-state index in [1.165, 1.54) is 0 Å². The normalized spacial score (nSPS) is 15.0. The van der Waals surface area contributed by atoms with Crippen molar-refractivity contribution in [2.24, 2.45) is 0 Å². The van der Waals surface area contributed by atoms with Crippen LogP contribution < -0.4 is 10.1 Å². The molecule has 1 amide bonds. The molecule has 1 N–H and O–H groups in total. The molecule has 2 aromatic carbocycles. The standard InChI is InChI=1S/C24H27N3O3S/c1-4-5-13-30-19-11-9-18(10-12-19)24(28)25-23-20-14-31(29)15-21(20)26-27(23)22-8-6-7-16(2)17(22)3/h6-12H,4-5,13-15H2,1-3H3,(H,25,28)/t31-/m0/s1. The molecule has 31 heavy (non-hydrogen) atoms. The smallest absolute Gasteiger partial charge is 0.256 e. The Balaban J connectivity index is 1.63. The summed E-state index contributed by atoms with van der Waals surface area (Å²) >= 11 is 0. The van der Waals surface area contributed by atoms with Crippen molar-refractivity contribution in [2.75, 3.05) is 11.9 Å². The van der Waals surface area contributed by atoms with Crippen LogP contribution in [-0.2, 0) is 22.3 Å². The van der Waals surface area contributed by atoms with Gasteiger partial charge in [0.25, 0.3) is 5.91 Å². The number of hydrogen-bond acceptors (Lipinski definition) is 4. The molecule has 0 unspecified atom stereocenters. The van der Waals surface area contributed by atoms with Crippen molar-refractivity contribution in [1.82, 2.24) is 9.78 Å². The van der Waals surface area contributed by atoms with Crippen LogP contribution in [0, 0.1) is 13.8 Å². The third kappa shape index (κ3) is 4.42. The van der Waals surface area contributed by atoms with Crippen molar-refractivity contribution in [3.05, 3.63) is 70.4 Å². The number of nitrogens with zero attached hydrogens (tertiary/aromatic N) is 2. The van der Waals surface area contributed by atoms with Gasteiger partial charge in [-0.05, 0) is 61.7 Å². The molecule has 6 nitrogen and oxygen atoms in total. The number of nitrogens with one attached hydrogen (secondary N) is 1. The molecule has 0 fully saturated rings. The number of carbonyl (C=O) groups excluding carboxylic acids is 1. The maximum absolute atomic E-state index is 13.0. The Bertz CT molecular complexity index is 1140. The number of anilines is 1. The predicted molar refractivity (Wildman–Crippen MR) is 123 cm³/mol. The maximum atomic E-state index is 13.0. The highest BCUT2D eigenvalue weighted by molar-refractivity contribution is 7.83. The lowest BCUT2D eigenvalue weighted by atomic mass is 10.1. The fourth-order valence-electron chi connectivity index (χ4n) is 3.61. The number of benzene rings is 2. The third-order valence-corrected chi connectivity index (χ3v) is 6.80. The van der Waals surface area contributed by atoms with Crippen LogP contribution in [0.25, 0.3) is 5.69 Å². The monoisotopic (exact) mass is 437 g/mol. The average molecular weight is 438 g/mol. The molecule has 1 atom stereocenters. The molecule has 2 heterocycles. The molecule has 0 radical (unpaired) electrons. The van der Waals surface area contributed by atoms with Crippen molar-refractivity contribution in [3.8, 4) is 11.4 Å². The Morgan fingerprint density at radius 3 is 2.68 bits per heavy atom. The maximum Gasteiger partial charge on any atom is 0.256 e. The Morgan fingerprint density at radius 2 is 1.94 bits per heavy atom. The summed E-state index contributed by atoms with van der Waals surface area (Å²) in [7, 11) is -0.983. The lowest BCUT2D eigenvalue weighted by Crippen LogP contribution is -2.17. The largest absolute Gasteiger partial charge is 0.494 e. The number of aryl methyl sites for hydroxylation is 1. The first-order valence-electron chi connectivity index (χ1n) is 10.5. The summed E-state index contributed by atoms with van der Waals surface area (Å²) in [6.45, 7) is 6.87. The molecule has 0 saturated carbocycles. The highest BCUT2D eigenvalue weighted by Crippen LogP contribution is 2.33. The average Bonchev–Trinajstić information content (AvgIpc) is 3.27. The highest BCUT2D eigenvalue weighted by atomic mass is 32.2. The topological polar surface area (TPSA) is 73.2 Å². The molecule has 3 aromatic rings. The van der Waals surface area contributed by atoms with Crippen molar-refractivity contribution >= 4 is 22.5 Å². The fraction of sp³-hybridized carbons (Fsp3) is 0.333. The first kappa shape index (κ1) is 21.3. The summed E-state index contributed by atoms with van der Waals surface area (Å²) in [5.41, 5.74) is 5.32. The Morgan fingerprint density at radius 1 is 1.16 bits per heavy atom. The summed E-state index contributed by atoms with van der Waals surface area (Å²) < 4.78 is 19.6. The quantitative estimate of drug-likeness (QED) is 0.545. The van der Waals surface area contributed by atoms with E-state index in [-0.39, 0.29) is 5.91 Å². The Hall–Kier alpha value is -2.93. The molecule has 1 aliphatic heterocycles. The van der Waals surface area contributed by atoms with Gasteiger partial charge in [-0.2, -0.15) is 5.10 Å². The zero-order valence-electron chi connectivity index (χ0n) is 18.1. The van der Waals surface area contributed by atoms with E-state index in [1.807, 2.05) is 44.2 Å². The van der Waals surface area contributed by atoms with E-state index in [2.05, 4.69) is 12.2 Å². The van der Waals surface area contributed by atoms with E-state index >= 15 is 0 Å². The minimum Gasteiger partial charge on any atom is -0.494 e. The molecule has 0 bridgehead atoms. The molecule has 4 rings (SSSR count). The molecule has 0 saturated heterocycles. The fourth-order valence-corrected chi connectivity index (χ4v) is 4.88. The van der Waals surface area contributed by atoms with Gasteiger partial charge in [-0.3, -0.25) is 9.00 Å². The Labute approximate surface area is 185 Å². The van der Waals surface area contributed by atoms with Crippen LogP contribution in [0.4, 0.5) is 5.82 Å². The lowest BCUT2D eigenvalue weighted by Gasteiger charge is -2.14. The second-order valence-corrected chi connectivity index (χ2v) is 9.27. The van der Waals surface area contributed by atoms with Crippen molar-refractivity contribution in [1.29, 1.82) is 0 Å². The van der Waals surface area contributed by atoms with Gasteiger partial charge in [-0.1, -0.05) is 25.5 Å². The summed E-state index contributed by atoms with van der Waals surface area (Å²) in [5, 5.41) is 7.74. The molecular weight excluding hydrogens is 410 g/mol.